The van der Waals surface area contributed by atoms with Gasteiger partial charge in [0, 0.05) is 0 Å². The molecule has 2 unspecified atom stereocenters. The monoisotopic (exact) mass is 201 g/mol. The van der Waals surface area contributed by atoms with Crippen LogP contribution in [0.25, 0.3) is 0 Å². The van der Waals surface area contributed by atoms with E-state index in [0.29, 0.717) is 6.61 Å². The van der Waals surface area contributed by atoms with E-state index in [2.05, 4.69) is 18.2 Å². The third-order valence-electron chi connectivity index (χ3n) is 2.93. The molecule has 0 amide bonds. The molecule has 2 heteroatoms. The van der Waals surface area contributed by atoms with Gasteiger partial charge < -0.3 is 4.74 Å². The van der Waals surface area contributed by atoms with Crippen molar-refractivity contribution < 1.29 is 4.74 Å². The SMILES string of the molecule is N#CC1CCCC1OCc1ccccc1. The van der Waals surface area contributed by atoms with E-state index in [-0.39, 0.29) is 12.0 Å². The summed E-state index contributed by atoms with van der Waals surface area (Å²) in [6, 6.07) is 12.4. The number of ether oxygens (including phenoxy) is 1. The molecule has 15 heavy (non-hydrogen) atoms. The first-order chi connectivity index (χ1) is 7.40. The van der Waals surface area contributed by atoms with E-state index >= 15 is 0 Å². The summed E-state index contributed by atoms with van der Waals surface area (Å²) in [4.78, 5) is 0. The highest BCUT2D eigenvalue weighted by Gasteiger charge is 2.27. The van der Waals surface area contributed by atoms with Gasteiger partial charge in [0.15, 0.2) is 0 Å². The Hall–Kier alpha value is -1.33. The first-order valence-corrected chi connectivity index (χ1v) is 5.45. The average Bonchev–Trinajstić information content (AvgIpc) is 2.75. The van der Waals surface area contributed by atoms with Gasteiger partial charge in [0.05, 0.1) is 24.7 Å². The second-order valence-corrected chi connectivity index (χ2v) is 4.00. The van der Waals surface area contributed by atoms with Crippen molar-refractivity contribution in [1.29, 1.82) is 5.26 Å². The van der Waals surface area contributed by atoms with Crippen molar-refractivity contribution in [1.82, 2.24) is 0 Å². The number of hydrogen-bond donors (Lipinski definition) is 0. The van der Waals surface area contributed by atoms with Crippen LogP contribution in [0.1, 0.15) is 24.8 Å². The predicted molar refractivity (Wildman–Crippen MR) is 58.0 cm³/mol. The summed E-state index contributed by atoms with van der Waals surface area (Å²) in [6.45, 7) is 0.629. The average molecular weight is 201 g/mol. The number of nitriles is 1. The Morgan fingerprint density at radius 3 is 2.80 bits per heavy atom. The lowest BCUT2D eigenvalue weighted by Gasteiger charge is -2.14. The second-order valence-electron chi connectivity index (χ2n) is 4.00. The maximum Gasteiger partial charge on any atom is 0.0737 e. The fraction of sp³-hybridized carbons (Fsp3) is 0.462. The maximum absolute atomic E-state index is 8.90. The molecule has 0 aliphatic heterocycles. The van der Waals surface area contributed by atoms with Crippen molar-refractivity contribution >= 4 is 0 Å². The first-order valence-electron chi connectivity index (χ1n) is 5.45. The molecule has 1 aliphatic carbocycles. The fourth-order valence-electron chi connectivity index (χ4n) is 2.05. The van der Waals surface area contributed by atoms with Crippen LogP contribution in [0.4, 0.5) is 0 Å². The molecule has 1 aromatic carbocycles. The van der Waals surface area contributed by atoms with Crippen molar-refractivity contribution in [3.05, 3.63) is 35.9 Å². The highest BCUT2D eigenvalue weighted by molar-refractivity contribution is 5.13. The second kappa shape index (κ2) is 4.95. The largest absolute Gasteiger partial charge is 0.372 e. The molecule has 2 atom stereocenters. The summed E-state index contributed by atoms with van der Waals surface area (Å²) in [7, 11) is 0. The first kappa shape index (κ1) is 10.2. The Balaban J connectivity index is 1.86. The van der Waals surface area contributed by atoms with Crippen molar-refractivity contribution in [3.63, 3.8) is 0 Å². The topological polar surface area (TPSA) is 33.0 Å². The molecule has 2 rings (SSSR count). The highest BCUT2D eigenvalue weighted by atomic mass is 16.5. The van der Waals surface area contributed by atoms with E-state index in [9.17, 15) is 0 Å². The van der Waals surface area contributed by atoms with Crippen LogP contribution in [0, 0.1) is 17.2 Å². The van der Waals surface area contributed by atoms with Gasteiger partial charge >= 0.3 is 0 Å². The molecule has 1 fully saturated rings. The Bertz CT molecular complexity index is 341. The summed E-state index contributed by atoms with van der Waals surface area (Å²) >= 11 is 0. The molecule has 0 saturated heterocycles. The molecule has 0 heterocycles. The van der Waals surface area contributed by atoms with Gasteiger partial charge in [-0.3, -0.25) is 0 Å². The normalized spacial score (nSPS) is 25.0. The Morgan fingerprint density at radius 2 is 2.07 bits per heavy atom. The summed E-state index contributed by atoms with van der Waals surface area (Å²) in [5.74, 6) is 0.105. The molecule has 1 aromatic rings. The summed E-state index contributed by atoms with van der Waals surface area (Å²) in [5.41, 5.74) is 1.18. The molecule has 1 aliphatic rings. The van der Waals surface area contributed by atoms with Crippen LogP contribution in [-0.4, -0.2) is 6.10 Å². The van der Waals surface area contributed by atoms with Gasteiger partial charge in [-0.15, -0.1) is 0 Å². The van der Waals surface area contributed by atoms with Gasteiger partial charge in [-0.25, -0.2) is 0 Å². The number of benzene rings is 1. The standard InChI is InChI=1S/C13H15NO/c14-9-12-7-4-8-13(12)15-10-11-5-2-1-3-6-11/h1-3,5-6,12-13H,4,7-8,10H2. The van der Waals surface area contributed by atoms with E-state index in [4.69, 9.17) is 10.00 Å². The van der Waals surface area contributed by atoms with Gasteiger partial charge in [-0.1, -0.05) is 30.3 Å². The van der Waals surface area contributed by atoms with Crippen LogP contribution in [0.2, 0.25) is 0 Å². The van der Waals surface area contributed by atoms with Crippen molar-refractivity contribution in [2.75, 3.05) is 0 Å². The van der Waals surface area contributed by atoms with E-state index in [1.54, 1.807) is 0 Å². The molecule has 78 valence electrons. The molecule has 0 radical (unpaired) electrons. The van der Waals surface area contributed by atoms with E-state index < -0.39 is 0 Å². The lowest BCUT2D eigenvalue weighted by atomic mass is 10.1. The van der Waals surface area contributed by atoms with Crippen LogP contribution < -0.4 is 0 Å². The molecular weight excluding hydrogens is 186 g/mol. The lowest BCUT2D eigenvalue weighted by Crippen LogP contribution is -2.16. The van der Waals surface area contributed by atoms with Crippen LogP contribution in [0.5, 0.6) is 0 Å². The summed E-state index contributed by atoms with van der Waals surface area (Å²) in [6.07, 6.45) is 3.30. The Morgan fingerprint density at radius 1 is 1.27 bits per heavy atom. The minimum atomic E-state index is 0.105. The number of hydrogen-bond acceptors (Lipinski definition) is 2. The van der Waals surface area contributed by atoms with Crippen molar-refractivity contribution in [3.8, 4) is 6.07 Å². The smallest absolute Gasteiger partial charge is 0.0737 e. The summed E-state index contributed by atoms with van der Waals surface area (Å²) < 4.78 is 5.77. The maximum atomic E-state index is 8.90. The van der Waals surface area contributed by atoms with Gasteiger partial charge in [-0.05, 0) is 24.8 Å². The van der Waals surface area contributed by atoms with E-state index in [1.165, 1.54) is 5.56 Å². The van der Waals surface area contributed by atoms with E-state index in [0.717, 1.165) is 19.3 Å². The zero-order valence-electron chi connectivity index (χ0n) is 8.73. The molecule has 0 N–H and O–H groups in total. The van der Waals surface area contributed by atoms with Gasteiger partial charge in [-0.2, -0.15) is 5.26 Å². The highest BCUT2D eigenvalue weighted by Crippen LogP contribution is 2.28. The van der Waals surface area contributed by atoms with Crippen LogP contribution >= 0.6 is 0 Å². The predicted octanol–water partition coefficient (Wildman–Crippen LogP) is 2.90. The van der Waals surface area contributed by atoms with Gasteiger partial charge in [0.25, 0.3) is 0 Å². The van der Waals surface area contributed by atoms with Crippen molar-refractivity contribution in [2.45, 2.75) is 32.0 Å². The molecule has 0 bridgehead atoms. The van der Waals surface area contributed by atoms with E-state index in [1.807, 2.05) is 18.2 Å². The molecular formula is C13H15NO. The quantitative estimate of drug-likeness (QED) is 0.753. The number of nitrogens with zero attached hydrogens (tertiary/aromatic N) is 1. The number of rotatable bonds is 3. The molecule has 0 spiro atoms. The molecule has 2 nitrogen and oxygen atoms in total. The third-order valence-corrected chi connectivity index (χ3v) is 2.93. The zero-order chi connectivity index (χ0) is 10.5. The third kappa shape index (κ3) is 2.57. The summed E-state index contributed by atoms with van der Waals surface area (Å²) in [5, 5.41) is 8.90. The lowest BCUT2D eigenvalue weighted by molar-refractivity contribution is 0.0290. The minimum Gasteiger partial charge on any atom is -0.372 e. The van der Waals surface area contributed by atoms with Gasteiger partial charge in [0.1, 0.15) is 0 Å². The fourth-order valence-corrected chi connectivity index (χ4v) is 2.05. The Labute approximate surface area is 90.5 Å². The van der Waals surface area contributed by atoms with Gasteiger partial charge in [0.2, 0.25) is 0 Å². The van der Waals surface area contributed by atoms with Crippen LogP contribution in [0.15, 0.2) is 30.3 Å². The van der Waals surface area contributed by atoms with Crippen LogP contribution in [-0.2, 0) is 11.3 Å². The molecule has 0 aromatic heterocycles. The van der Waals surface area contributed by atoms with Crippen LogP contribution in [0.3, 0.4) is 0 Å². The zero-order valence-corrected chi connectivity index (χ0v) is 8.73. The van der Waals surface area contributed by atoms with Crippen molar-refractivity contribution in [2.24, 2.45) is 5.92 Å². The minimum absolute atomic E-state index is 0.105. The Kier molecular flexibility index (Phi) is 3.37. The molecule has 1 saturated carbocycles.